The Morgan fingerprint density at radius 1 is 1.12 bits per heavy atom. The van der Waals surface area contributed by atoms with E-state index in [-0.39, 0.29) is 17.9 Å². The normalized spacial score (nSPS) is 18.8. The van der Waals surface area contributed by atoms with Crippen LogP contribution in [0.3, 0.4) is 0 Å². The van der Waals surface area contributed by atoms with Crippen LogP contribution in [-0.2, 0) is 9.59 Å². The van der Waals surface area contributed by atoms with Gasteiger partial charge in [0.05, 0.1) is 0 Å². The maximum absolute atomic E-state index is 12.1. The molecule has 6 nitrogen and oxygen atoms in total. The number of amides is 2. The summed E-state index contributed by atoms with van der Waals surface area (Å²) in [6.45, 7) is 1.74. The zero-order valence-electron chi connectivity index (χ0n) is 14.3. The van der Waals surface area contributed by atoms with E-state index in [1.807, 2.05) is 24.3 Å². The molecule has 2 fully saturated rings. The third-order valence-corrected chi connectivity index (χ3v) is 5.12. The molecule has 3 N–H and O–H groups in total. The largest absolute Gasteiger partial charge is 0.371 e. The van der Waals surface area contributed by atoms with Gasteiger partial charge in [-0.15, -0.1) is 0 Å². The van der Waals surface area contributed by atoms with Gasteiger partial charge in [-0.05, 0) is 43.4 Å². The molecule has 1 saturated carbocycles. The number of nitrogens with zero attached hydrogens (tertiary/aromatic N) is 1. The van der Waals surface area contributed by atoms with Gasteiger partial charge in [-0.1, -0.05) is 24.6 Å². The molecule has 3 rings (SSSR count). The number of rotatable bonds is 5. The lowest BCUT2D eigenvalue weighted by Gasteiger charge is -2.36. The van der Waals surface area contributed by atoms with Gasteiger partial charge >= 0.3 is 0 Å². The quantitative estimate of drug-likeness (QED) is 0.434. The molecule has 134 valence electrons. The Hall–Kier alpha value is -2.34. The van der Waals surface area contributed by atoms with Crippen LogP contribution in [0.5, 0.6) is 0 Å². The second kappa shape index (κ2) is 8.16. The van der Waals surface area contributed by atoms with Crippen molar-refractivity contribution in [2.24, 2.45) is 5.92 Å². The summed E-state index contributed by atoms with van der Waals surface area (Å²) in [5, 5.41) is 11.8. The van der Waals surface area contributed by atoms with Crippen LogP contribution in [0.2, 0.25) is 0 Å². The van der Waals surface area contributed by atoms with E-state index in [1.54, 1.807) is 11.6 Å². The molecule has 1 aromatic rings. The molecule has 25 heavy (non-hydrogen) atoms. The van der Waals surface area contributed by atoms with E-state index in [2.05, 4.69) is 10.2 Å². The molecule has 1 heterocycles. The molecule has 0 bridgehead atoms. The van der Waals surface area contributed by atoms with Crippen molar-refractivity contribution in [3.63, 3.8) is 0 Å². The minimum absolute atomic E-state index is 0.225. The van der Waals surface area contributed by atoms with Crippen molar-refractivity contribution in [1.29, 1.82) is 0 Å². The maximum atomic E-state index is 12.1. The highest BCUT2D eigenvalue weighted by Crippen LogP contribution is 2.28. The Balaban J connectivity index is 1.58. The van der Waals surface area contributed by atoms with Crippen LogP contribution >= 0.6 is 0 Å². The maximum Gasteiger partial charge on any atom is 0.267 e. The molecule has 1 saturated heterocycles. The molecule has 2 amide bonds. The zero-order chi connectivity index (χ0) is 17.6. The van der Waals surface area contributed by atoms with Crippen LogP contribution in [0.4, 0.5) is 5.69 Å². The number of hydrogen-bond acceptors (Lipinski definition) is 4. The summed E-state index contributed by atoms with van der Waals surface area (Å²) in [6, 6.07) is 8.13. The number of para-hydroxylation sites is 1. The van der Waals surface area contributed by atoms with Crippen molar-refractivity contribution in [1.82, 2.24) is 10.8 Å². The molecule has 0 unspecified atom stereocenters. The van der Waals surface area contributed by atoms with E-state index < -0.39 is 5.91 Å². The highest BCUT2D eigenvalue weighted by molar-refractivity contribution is 5.91. The van der Waals surface area contributed by atoms with Crippen molar-refractivity contribution < 1.29 is 14.8 Å². The lowest BCUT2D eigenvalue weighted by Crippen LogP contribution is -2.47. The summed E-state index contributed by atoms with van der Waals surface area (Å²) in [7, 11) is 0. The molecule has 0 aromatic heterocycles. The molecule has 0 atom stereocenters. The highest BCUT2D eigenvalue weighted by atomic mass is 16.5. The summed E-state index contributed by atoms with van der Waals surface area (Å²) in [6.07, 6.45) is 8.10. The molecule has 1 aliphatic heterocycles. The fourth-order valence-electron chi connectivity index (χ4n) is 3.37. The Bertz CT molecular complexity index is 647. The lowest BCUT2D eigenvalue weighted by atomic mass is 9.84. The Labute approximate surface area is 147 Å². The van der Waals surface area contributed by atoms with Crippen molar-refractivity contribution in [3.8, 4) is 0 Å². The van der Waals surface area contributed by atoms with Gasteiger partial charge < -0.3 is 10.2 Å². The first kappa shape index (κ1) is 17.5. The van der Waals surface area contributed by atoms with Crippen LogP contribution in [-0.4, -0.2) is 36.2 Å². The first-order chi connectivity index (χ1) is 12.2. The molecule has 1 aromatic carbocycles. The number of carbonyl (C=O) groups excluding carboxylic acids is 2. The fraction of sp³-hybridized carbons (Fsp3) is 0.474. The monoisotopic (exact) mass is 343 g/mol. The van der Waals surface area contributed by atoms with Crippen molar-refractivity contribution >= 4 is 23.6 Å². The third kappa shape index (κ3) is 4.39. The summed E-state index contributed by atoms with van der Waals surface area (Å²) >= 11 is 0. The molecule has 1 aliphatic carbocycles. The average Bonchev–Trinajstić information content (AvgIpc) is 2.59. The Morgan fingerprint density at radius 2 is 1.84 bits per heavy atom. The Morgan fingerprint density at radius 3 is 2.48 bits per heavy atom. The summed E-state index contributed by atoms with van der Waals surface area (Å²) in [5.41, 5.74) is 3.59. The van der Waals surface area contributed by atoms with Crippen LogP contribution in [0.25, 0.3) is 6.08 Å². The number of carbonyl (C=O) groups is 2. The van der Waals surface area contributed by atoms with E-state index in [9.17, 15) is 9.59 Å². The van der Waals surface area contributed by atoms with E-state index in [0.29, 0.717) is 0 Å². The summed E-state index contributed by atoms with van der Waals surface area (Å²) in [4.78, 5) is 25.6. The van der Waals surface area contributed by atoms with Crippen molar-refractivity contribution in [3.05, 3.63) is 35.9 Å². The SMILES string of the molecule is O=C(/C=C/c1ccccc1N1CCC(NC(=O)C2CCC2)CC1)NO. The Kier molecular flexibility index (Phi) is 5.71. The first-order valence-electron chi connectivity index (χ1n) is 8.94. The highest BCUT2D eigenvalue weighted by Gasteiger charge is 2.28. The van der Waals surface area contributed by atoms with Gasteiger partial charge in [0.2, 0.25) is 5.91 Å². The average molecular weight is 343 g/mol. The van der Waals surface area contributed by atoms with Gasteiger partial charge in [0, 0.05) is 36.8 Å². The molecule has 0 radical (unpaired) electrons. The smallest absolute Gasteiger partial charge is 0.267 e. The minimum Gasteiger partial charge on any atom is -0.371 e. The second-order valence-corrected chi connectivity index (χ2v) is 6.77. The molecule has 0 spiro atoms. The number of benzene rings is 1. The van der Waals surface area contributed by atoms with Crippen molar-refractivity contribution in [2.45, 2.75) is 38.1 Å². The fourth-order valence-corrected chi connectivity index (χ4v) is 3.37. The minimum atomic E-state index is -0.549. The number of nitrogens with one attached hydrogen (secondary N) is 2. The first-order valence-corrected chi connectivity index (χ1v) is 8.94. The molecular weight excluding hydrogens is 318 g/mol. The number of piperidine rings is 1. The number of anilines is 1. The zero-order valence-corrected chi connectivity index (χ0v) is 14.3. The van der Waals surface area contributed by atoms with E-state index in [0.717, 1.165) is 50.0 Å². The third-order valence-electron chi connectivity index (χ3n) is 5.12. The van der Waals surface area contributed by atoms with Gasteiger partial charge in [-0.2, -0.15) is 0 Å². The van der Waals surface area contributed by atoms with Gasteiger partial charge in [-0.3, -0.25) is 14.8 Å². The van der Waals surface area contributed by atoms with Gasteiger partial charge in [0.25, 0.3) is 5.91 Å². The van der Waals surface area contributed by atoms with Crippen LogP contribution < -0.4 is 15.7 Å². The summed E-state index contributed by atoms with van der Waals surface area (Å²) in [5.74, 6) is -0.0863. The molecular formula is C19H25N3O3. The number of hydrogen-bond donors (Lipinski definition) is 3. The van der Waals surface area contributed by atoms with Gasteiger partial charge in [-0.25, -0.2) is 5.48 Å². The standard InChI is InChI=1S/C19H25N3O3/c23-18(21-25)9-8-14-4-1-2-7-17(14)22-12-10-16(11-13-22)20-19(24)15-5-3-6-15/h1-2,4,7-9,15-16,25H,3,5-6,10-13H2,(H,20,24)(H,21,23)/b9-8+. The summed E-state index contributed by atoms with van der Waals surface area (Å²) < 4.78 is 0. The van der Waals surface area contributed by atoms with Crippen LogP contribution in [0.15, 0.2) is 30.3 Å². The van der Waals surface area contributed by atoms with E-state index in [4.69, 9.17) is 5.21 Å². The topological polar surface area (TPSA) is 81.7 Å². The van der Waals surface area contributed by atoms with Gasteiger partial charge in [0.15, 0.2) is 0 Å². The van der Waals surface area contributed by atoms with E-state index in [1.165, 1.54) is 12.5 Å². The van der Waals surface area contributed by atoms with Crippen LogP contribution in [0.1, 0.15) is 37.7 Å². The van der Waals surface area contributed by atoms with Crippen molar-refractivity contribution in [2.75, 3.05) is 18.0 Å². The van der Waals surface area contributed by atoms with E-state index >= 15 is 0 Å². The molecule has 6 heteroatoms. The van der Waals surface area contributed by atoms with Gasteiger partial charge in [0.1, 0.15) is 0 Å². The predicted molar refractivity (Wildman–Crippen MR) is 96.1 cm³/mol. The van der Waals surface area contributed by atoms with Crippen LogP contribution in [0, 0.1) is 5.92 Å². The number of hydroxylamine groups is 1. The molecule has 2 aliphatic rings. The predicted octanol–water partition coefficient (Wildman–Crippen LogP) is 2.09. The second-order valence-electron chi connectivity index (χ2n) is 6.77. The lowest BCUT2D eigenvalue weighted by molar-refractivity contribution is -0.128.